The summed E-state index contributed by atoms with van der Waals surface area (Å²) in [6.45, 7) is 0. The van der Waals surface area contributed by atoms with E-state index in [4.69, 9.17) is 9.84 Å². The molecule has 0 radical (unpaired) electrons. The largest absolute Gasteiger partial charge is 0.476 e. The van der Waals surface area contributed by atoms with E-state index in [2.05, 4.69) is 10.2 Å². The topological polar surface area (TPSA) is 72.3 Å². The highest BCUT2D eigenvalue weighted by atomic mass is 19.2. The number of hydrogen-bond donors (Lipinski definition) is 1. The van der Waals surface area contributed by atoms with Gasteiger partial charge in [0.15, 0.2) is 17.3 Å². The van der Waals surface area contributed by atoms with Crippen molar-refractivity contribution in [1.82, 2.24) is 10.2 Å². The van der Waals surface area contributed by atoms with Gasteiger partial charge < -0.3 is 9.84 Å². The molecule has 0 amide bonds. The van der Waals surface area contributed by atoms with E-state index in [1.165, 1.54) is 18.2 Å². The van der Waals surface area contributed by atoms with E-state index in [-0.39, 0.29) is 17.3 Å². The van der Waals surface area contributed by atoms with Crippen LogP contribution in [-0.2, 0) is 0 Å². The molecule has 1 aromatic carbocycles. The molecule has 0 saturated heterocycles. The molecule has 0 unspecified atom stereocenters. The predicted molar refractivity (Wildman–Crippen MR) is 55.4 cm³/mol. The Morgan fingerprint density at radius 2 is 1.94 bits per heavy atom. The quantitative estimate of drug-likeness (QED) is 0.906. The molecular weight excluding hydrogens is 246 g/mol. The first-order chi connectivity index (χ1) is 8.58. The number of rotatable bonds is 3. The Morgan fingerprint density at radius 1 is 1.17 bits per heavy atom. The minimum absolute atomic E-state index is 0.135. The van der Waals surface area contributed by atoms with Crippen LogP contribution < -0.4 is 4.74 Å². The SMILES string of the molecule is O=C(O)c1ccc(Oc2cccc(F)c2F)nn1. The Balaban J connectivity index is 2.24. The number of carboxylic acids is 1. The summed E-state index contributed by atoms with van der Waals surface area (Å²) >= 11 is 0. The zero-order valence-electron chi connectivity index (χ0n) is 8.80. The van der Waals surface area contributed by atoms with Gasteiger partial charge in [-0.15, -0.1) is 10.2 Å². The summed E-state index contributed by atoms with van der Waals surface area (Å²) in [6.07, 6.45) is 0. The van der Waals surface area contributed by atoms with Gasteiger partial charge in [0.05, 0.1) is 0 Å². The van der Waals surface area contributed by atoms with E-state index >= 15 is 0 Å². The summed E-state index contributed by atoms with van der Waals surface area (Å²) in [5.74, 6) is -3.94. The van der Waals surface area contributed by atoms with Gasteiger partial charge in [-0.3, -0.25) is 0 Å². The van der Waals surface area contributed by atoms with Gasteiger partial charge in [0, 0.05) is 6.07 Å². The lowest BCUT2D eigenvalue weighted by molar-refractivity contribution is 0.0689. The molecule has 0 fully saturated rings. The average Bonchev–Trinajstić information content (AvgIpc) is 2.36. The van der Waals surface area contributed by atoms with Gasteiger partial charge >= 0.3 is 5.97 Å². The zero-order valence-corrected chi connectivity index (χ0v) is 8.80. The molecule has 7 heteroatoms. The molecular formula is C11H6F2N2O3. The van der Waals surface area contributed by atoms with Gasteiger partial charge in [0.25, 0.3) is 0 Å². The normalized spacial score (nSPS) is 10.1. The minimum atomic E-state index is -1.24. The van der Waals surface area contributed by atoms with Crippen LogP contribution in [0.15, 0.2) is 30.3 Å². The Morgan fingerprint density at radius 3 is 2.56 bits per heavy atom. The van der Waals surface area contributed by atoms with E-state index in [1.54, 1.807) is 0 Å². The molecule has 0 saturated carbocycles. The van der Waals surface area contributed by atoms with Crippen molar-refractivity contribution in [1.29, 1.82) is 0 Å². The molecule has 0 bridgehead atoms. The molecule has 0 aliphatic rings. The Labute approximate surface area is 99.7 Å². The molecule has 0 aliphatic carbocycles. The third-order valence-electron chi connectivity index (χ3n) is 1.99. The second kappa shape index (κ2) is 4.74. The molecule has 2 aromatic rings. The van der Waals surface area contributed by atoms with Crippen LogP contribution in [0.2, 0.25) is 0 Å². The highest BCUT2D eigenvalue weighted by molar-refractivity contribution is 5.84. The summed E-state index contributed by atoms with van der Waals surface area (Å²) in [7, 11) is 0. The Kier molecular flexibility index (Phi) is 3.13. The van der Waals surface area contributed by atoms with E-state index in [1.807, 2.05) is 0 Å². The van der Waals surface area contributed by atoms with Crippen molar-refractivity contribution < 1.29 is 23.4 Å². The summed E-state index contributed by atoms with van der Waals surface area (Å²) < 4.78 is 31.1. The third kappa shape index (κ3) is 2.40. The van der Waals surface area contributed by atoms with Crippen LogP contribution in [0.4, 0.5) is 8.78 Å². The molecule has 0 spiro atoms. The Hall–Kier alpha value is -2.57. The van der Waals surface area contributed by atoms with Crippen LogP contribution in [0.25, 0.3) is 0 Å². The number of carboxylic acid groups (broad SMARTS) is 1. The van der Waals surface area contributed by atoms with Crippen molar-refractivity contribution >= 4 is 5.97 Å². The second-order valence-corrected chi connectivity index (χ2v) is 3.22. The standard InChI is InChI=1S/C11H6F2N2O3/c12-6-2-1-3-8(10(6)13)18-9-5-4-7(11(16)17)14-15-9/h1-5H,(H,16,17). The first kappa shape index (κ1) is 11.9. The predicted octanol–water partition coefficient (Wildman–Crippen LogP) is 2.25. The van der Waals surface area contributed by atoms with Gasteiger partial charge in [-0.2, -0.15) is 4.39 Å². The van der Waals surface area contributed by atoms with Crippen LogP contribution in [-0.4, -0.2) is 21.3 Å². The van der Waals surface area contributed by atoms with Gasteiger partial charge in [0.1, 0.15) is 0 Å². The van der Waals surface area contributed by atoms with E-state index in [9.17, 15) is 13.6 Å². The van der Waals surface area contributed by atoms with E-state index in [0.717, 1.165) is 12.1 Å². The Bertz CT molecular complexity index is 587. The lowest BCUT2D eigenvalue weighted by Gasteiger charge is -2.05. The molecule has 1 heterocycles. The van der Waals surface area contributed by atoms with Crippen molar-refractivity contribution in [3.63, 3.8) is 0 Å². The van der Waals surface area contributed by atoms with Crippen molar-refractivity contribution in [2.45, 2.75) is 0 Å². The fourth-order valence-electron chi connectivity index (χ4n) is 1.16. The number of hydrogen-bond acceptors (Lipinski definition) is 4. The molecule has 0 atom stereocenters. The fourth-order valence-corrected chi connectivity index (χ4v) is 1.16. The number of halogens is 2. The second-order valence-electron chi connectivity index (χ2n) is 3.22. The number of ether oxygens (including phenoxy) is 1. The van der Waals surface area contributed by atoms with Gasteiger partial charge in [-0.05, 0) is 18.2 Å². The van der Waals surface area contributed by atoms with Crippen molar-refractivity contribution in [3.05, 3.63) is 47.7 Å². The molecule has 2 rings (SSSR count). The van der Waals surface area contributed by atoms with Crippen molar-refractivity contribution in [3.8, 4) is 11.6 Å². The smallest absolute Gasteiger partial charge is 0.356 e. The minimum Gasteiger partial charge on any atom is -0.476 e. The molecule has 1 aromatic heterocycles. The zero-order chi connectivity index (χ0) is 13.1. The lowest BCUT2D eigenvalue weighted by Crippen LogP contribution is -2.02. The molecule has 5 nitrogen and oxygen atoms in total. The van der Waals surface area contributed by atoms with Gasteiger partial charge in [-0.25, -0.2) is 9.18 Å². The number of aromatic carboxylic acids is 1. The van der Waals surface area contributed by atoms with Gasteiger partial charge in [-0.1, -0.05) is 6.07 Å². The molecule has 1 N–H and O–H groups in total. The van der Waals surface area contributed by atoms with Crippen LogP contribution in [0, 0.1) is 11.6 Å². The van der Waals surface area contributed by atoms with E-state index < -0.39 is 17.6 Å². The van der Waals surface area contributed by atoms with E-state index in [0.29, 0.717) is 0 Å². The third-order valence-corrected chi connectivity index (χ3v) is 1.99. The molecule has 18 heavy (non-hydrogen) atoms. The number of carbonyl (C=O) groups is 1. The van der Waals surface area contributed by atoms with Crippen LogP contribution in [0.1, 0.15) is 10.5 Å². The summed E-state index contributed by atoms with van der Waals surface area (Å²) in [4.78, 5) is 10.5. The van der Waals surface area contributed by atoms with Crippen LogP contribution in [0.5, 0.6) is 11.6 Å². The molecule has 92 valence electrons. The van der Waals surface area contributed by atoms with Crippen molar-refractivity contribution in [2.24, 2.45) is 0 Å². The van der Waals surface area contributed by atoms with Crippen LogP contribution in [0.3, 0.4) is 0 Å². The maximum Gasteiger partial charge on any atom is 0.356 e. The number of aromatic nitrogens is 2. The fraction of sp³-hybridized carbons (Fsp3) is 0. The first-order valence-corrected chi connectivity index (χ1v) is 4.77. The summed E-state index contributed by atoms with van der Waals surface area (Å²) in [5.41, 5.74) is -0.276. The number of nitrogens with zero attached hydrogens (tertiary/aromatic N) is 2. The first-order valence-electron chi connectivity index (χ1n) is 4.77. The summed E-state index contributed by atoms with van der Waals surface area (Å²) in [5, 5.41) is 15.4. The molecule has 0 aliphatic heterocycles. The maximum absolute atomic E-state index is 13.3. The van der Waals surface area contributed by atoms with Crippen LogP contribution >= 0.6 is 0 Å². The average molecular weight is 252 g/mol. The maximum atomic E-state index is 13.3. The van der Waals surface area contributed by atoms with Crippen molar-refractivity contribution in [2.75, 3.05) is 0 Å². The summed E-state index contributed by atoms with van der Waals surface area (Å²) in [6, 6.07) is 5.77. The lowest BCUT2D eigenvalue weighted by atomic mass is 10.3. The highest BCUT2D eigenvalue weighted by Gasteiger charge is 2.11. The van der Waals surface area contributed by atoms with Gasteiger partial charge in [0.2, 0.25) is 11.7 Å². The highest BCUT2D eigenvalue weighted by Crippen LogP contribution is 2.23. The monoisotopic (exact) mass is 252 g/mol. The number of benzene rings is 1.